The van der Waals surface area contributed by atoms with Crippen LogP contribution in [0.3, 0.4) is 0 Å². The van der Waals surface area contributed by atoms with Gasteiger partial charge in [0.15, 0.2) is 11.5 Å². The lowest BCUT2D eigenvalue weighted by atomic mass is 10.2. The van der Waals surface area contributed by atoms with Crippen LogP contribution >= 0.6 is 0 Å². The fraction of sp³-hybridized carbons (Fsp3) is 0.214. The zero-order valence-electron chi connectivity index (χ0n) is 10.5. The predicted molar refractivity (Wildman–Crippen MR) is 67.6 cm³/mol. The lowest BCUT2D eigenvalue weighted by Gasteiger charge is -2.10. The number of carboxylic acid groups (broad SMARTS) is 1. The summed E-state index contributed by atoms with van der Waals surface area (Å²) in [5, 5.41) is 8.92. The van der Waals surface area contributed by atoms with Crippen molar-refractivity contribution in [1.29, 1.82) is 0 Å². The maximum Gasteiger partial charge on any atom is 0.372 e. The number of hydrogen-bond acceptors (Lipinski definition) is 4. The van der Waals surface area contributed by atoms with Crippen molar-refractivity contribution in [3.05, 3.63) is 47.9 Å². The minimum Gasteiger partial charge on any atom is -0.490 e. The zero-order chi connectivity index (χ0) is 13.7. The summed E-state index contributed by atoms with van der Waals surface area (Å²) in [6.07, 6.45) is 1.33. The van der Waals surface area contributed by atoms with E-state index in [0.29, 0.717) is 23.7 Å². The molecular formula is C14H14O5. The van der Waals surface area contributed by atoms with Gasteiger partial charge in [-0.3, -0.25) is 0 Å². The summed E-state index contributed by atoms with van der Waals surface area (Å²) in [5.41, 5.74) is 0.485. The van der Waals surface area contributed by atoms with Gasteiger partial charge in [-0.2, -0.15) is 0 Å². The molecule has 2 rings (SSSR count). The molecule has 0 radical (unpaired) electrons. The molecule has 1 heterocycles. The van der Waals surface area contributed by atoms with Gasteiger partial charge in [0.2, 0.25) is 5.76 Å². The Morgan fingerprint density at radius 3 is 2.53 bits per heavy atom. The highest BCUT2D eigenvalue weighted by Crippen LogP contribution is 2.27. The summed E-state index contributed by atoms with van der Waals surface area (Å²) in [5.74, 6) is -0.0113. The first-order chi connectivity index (χ1) is 9.22. The second kappa shape index (κ2) is 5.95. The van der Waals surface area contributed by atoms with Crippen molar-refractivity contribution in [2.45, 2.75) is 13.5 Å². The van der Waals surface area contributed by atoms with Gasteiger partial charge in [-0.25, -0.2) is 4.79 Å². The minimum absolute atomic E-state index is 0.103. The molecule has 1 aromatic heterocycles. The molecule has 0 aliphatic heterocycles. The molecule has 1 aromatic carbocycles. The number of rotatable bonds is 6. The number of ether oxygens (including phenoxy) is 2. The maximum absolute atomic E-state index is 10.9. The van der Waals surface area contributed by atoms with Gasteiger partial charge in [-0.05, 0) is 25.1 Å². The molecule has 2 aromatic rings. The standard InChI is InChI=1S/C14H14O5/c1-2-17-11-5-3-4-6-12(11)19-9-10-7-8-18-13(10)14(15)16/h3-8H,2,9H2,1H3,(H,15,16). The Labute approximate surface area is 110 Å². The third-order valence-electron chi connectivity index (χ3n) is 2.47. The quantitative estimate of drug-likeness (QED) is 0.866. The van der Waals surface area contributed by atoms with Gasteiger partial charge in [-0.1, -0.05) is 12.1 Å². The van der Waals surface area contributed by atoms with Crippen LogP contribution < -0.4 is 9.47 Å². The van der Waals surface area contributed by atoms with Crippen molar-refractivity contribution in [2.24, 2.45) is 0 Å². The summed E-state index contributed by atoms with van der Waals surface area (Å²) in [7, 11) is 0. The summed E-state index contributed by atoms with van der Waals surface area (Å²) < 4.78 is 15.9. The molecule has 0 aliphatic carbocycles. The van der Waals surface area contributed by atoms with E-state index >= 15 is 0 Å². The molecule has 19 heavy (non-hydrogen) atoms. The van der Waals surface area contributed by atoms with E-state index in [1.165, 1.54) is 6.26 Å². The van der Waals surface area contributed by atoms with Gasteiger partial charge in [0, 0.05) is 5.56 Å². The molecule has 0 atom stereocenters. The molecule has 0 saturated heterocycles. The van der Waals surface area contributed by atoms with Crippen LogP contribution in [0.25, 0.3) is 0 Å². The molecule has 100 valence electrons. The van der Waals surface area contributed by atoms with Crippen molar-refractivity contribution in [1.82, 2.24) is 0 Å². The number of benzene rings is 1. The predicted octanol–water partition coefficient (Wildman–Crippen LogP) is 2.96. The minimum atomic E-state index is -1.11. The average molecular weight is 262 g/mol. The summed E-state index contributed by atoms with van der Waals surface area (Å²) in [6.45, 7) is 2.53. The lowest BCUT2D eigenvalue weighted by molar-refractivity contribution is 0.0658. The Kier molecular flexibility index (Phi) is 4.07. The Balaban J connectivity index is 2.10. The Morgan fingerprint density at radius 2 is 1.89 bits per heavy atom. The molecule has 5 heteroatoms. The number of carboxylic acids is 1. The van der Waals surface area contributed by atoms with Crippen LogP contribution in [0.5, 0.6) is 11.5 Å². The van der Waals surface area contributed by atoms with Crippen LogP contribution in [0.4, 0.5) is 0 Å². The monoisotopic (exact) mass is 262 g/mol. The highest BCUT2D eigenvalue weighted by Gasteiger charge is 2.14. The van der Waals surface area contributed by atoms with Crippen molar-refractivity contribution in [3.63, 3.8) is 0 Å². The third kappa shape index (κ3) is 3.07. The number of aromatic carboxylic acids is 1. The van der Waals surface area contributed by atoms with Crippen molar-refractivity contribution in [3.8, 4) is 11.5 Å². The zero-order valence-corrected chi connectivity index (χ0v) is 10.5. The van der Waals surface area contributed by atoms with Crippen molar-refractivity contribution < 1.29 is 23.8 Å². The molecule has 5 nitrogen and oxygen atoms in total. The molecule has 0 fully saturated rings. The van der Waals surface area contributed by atoms with E-state index < -0.39 is 5.97 Å². The molecular weight excluding hydrogens is 248 g/mol. The fourth-order valence-corrected chi connectivity index (χ4v) is 1.64. The first-order valence-corrected chi connectivity index (χ1v) is 5.86. The largest absolute Gasteiger partial charge is 0.490 e. The van der Waals surface area contributed by atoms with E-state index in [-0.39, 0.29) is 12.4 Å². The molecule has 0 aliphatic rings. The topological polar surface area (TPSA) is 68.9 Å². The van der Waals surface area contributed by atoms with Crippen LogP contribution in [0.1, 0.15) is 23.0 Å². The summed E-state index contributed by atoms with van der Waals surface area (Å²) >= 11 is 0. The van der Waals surface area contributed by atoms with Crippen LogP contribution in [0.2, 0.25) is 0 Å². The molecule has 1 N–H and O–H groups in total. The van der Waals surface area contributed by atoms with E-state index in [1.54, 1.807) is 18.2 Å². The van der Waals surface area contributed by atoms with Gasteiger partial charge in [0.25, 0.3) is 0 Å². The summed E-state index contributed by atoms with van der Waals surface area (Å²) in [6, 6.07) is 8.81. The summed E-state index contributed by atoms with van der Waals surface area (Å²) in [4.78, 5) is 10.9. The Hall–Kier alpha value is -2.43. The number of furan rings is 1. The highest BCUT2D eigenvalue weighted by molar-refractivity contribution is 5.86. The van der Waals surface area contributed by atoms with Gasteiger partial charge in [0.05, 0.1) is 12.9 Å². The third-order valence-corrected chi connectivity index (χ3v) is 2.47. The number of para-hydroxylation sites is 2. The Bertz CT molecular complexity index is 558. The first-order valence-electron chi connectivity index (χ1n) is 5.86. The van der Waals surface area contributed by atoms with Gasteiger partial charge < -0.3 is 19.0 Å². The molecule has 0 bridgehead atoms. The smallest absolute Gasteiger partial charge is 0.372 e. The van der Waals surface area contributed by atoms with E-state index in [4.69, 9.17) is 19.0 Å². The van der Waals surface area contributed by atoms with E-state index in [9.17, 15) is 4.79 Å². The molecule has 0 amide bonds. The SMILES string of the molecule is CCOc1ccccc1OCc1ccoc1C(=O)O. The van der Waals surface area contributed by atoms with Crippen molar-refractivity contribution >= 4 is 5.97 Å². The Morgan fingerprint density at radius 1 is 1.21 bits per heavy atom. The average Bonchev–Trinajstić information content (AvgIpc) is 2.86. The lowest BCUT2D eigenvalue weighted by Crippen LogP contribution is -2.03. The van der Waals surface area contributed by atoms with Gasteiger partial charge in [-0.15, -0.1) is 0 Å². The van der Waals surface area contributed by atoms with Crippen LogP contribution in [0, 0.1) is 0 Å². The fourth-order valence-electron chi connectivity index (χ4n) is 1.64. The van der Waals surface area contributed by atoms with Gasteiger partial charge in [0.1, 0.15) is 6.61 Å². The molecule has 0 spiro atoms. The van der Waals surface area contributed by atoms with Crippen LogP contribution in [0.15, 0.2) is 41.0 Å². The first kappa shape index (κ1) is 13.0. The van der Waals surface area contributed by atoms with E-state index in [2.05, 4.69) is 0 Å². The van der Waals surface area contributed by atoms with E-state index in [0.717, 1.165) is 0 Å². The van der Waals surface area contributed by atoms with Gasteiger partial charge >= 0.3 is 5.97 Å². The second-order valence-electron chi connectivity index (χ2n) is 3.75. The van der Waals surface area contributed by atoms with E-state index in [1.807, 2.05) is 19.1 Å². The molecule has 0 saturated carbocycles. The molecule has 0 unspecified atom stereocenters. The normalized spacial score (nSPS) is 10.2. The highest BCUT2D eigenvalue weighted by atomic mass is 16.5. The van der Waals surface area contributed by atoms with Crippen molar-refractivity contribution in [2.75, 3.05) is 6.61 Å². The maximum atomic E-state index is 10.9. The number of hydrogen-bond donors (Lipinski definition) is 1. The van der Waals surface area contributed by atoms with Crippen LogP contribution in [-0.2, 0) is 6.61 Å². The second-order valence-corrected chi connectivity index (χ2v) is 3.75. The van der Waals surface area contributed by atoms with Crippen LogP contribution in [-0.4, -0.2) is 17.7 Å². The number of carbonyl (C=O) groups is 1.